The summed E-state index contributed by atoms with van der Waals surface area (Å²) < 4.78 is 7.39. The van der Waals surface area contributed by atoms with Crippen molar-refractivity contribution in [2.45, 2.75) is 57.3 Å². The molecule has 2 heterocycles. The summed E-state index contributed by atoms with van der Waals surface area (Å²) in [5.74, 6) is 1.23. The van der Waals surface area contributed by atoms with Crippen LogP contribution in [0.1, 0.15) is 44.6 Å². The predicted molar refractivity (Wildman–Crippen MR) is 127 cm³/mol. The van der Waals surface area contributed by atoms with E-state index < -0.39 is 6.09 Å². The van der Waals surface area contributed by atoms with Gasteiger partial charge in [0.25, 0.3) is 0 Å². The molecule has 2 aliphatic rings. The van der Waals surface area contributed by atoms with Crippen molar-refractivity contribution in [2.24, 2.45) is 0 Å². The van der Waals surface area contributed by atoms with Gasteiger partial charge >= 0.3 is 6.09 Å². The van der Waals surface area contributed by atoms with Gasteiger partial charge in [-0.3, -0.25) is 10.1 Å². The third-order valence-electron chi connectivity index (χ3n) is 5.92. The molecular weight excluding hydrogens is 432 g/mol. The Kier molecular flexibility index (Phi) is 9.37. The van der Waals surface area contributed by atoms with Gasteiger partial charge in [-0.2, -0.15) is 11.8 Å². The average Bonchev–Trinajstić information content (AvgIpc) is 3.05. The van der Waals surface area contributed by atoms with Crippen LogP contribution in [0.25, 0.3) is 0 Å². The number of carbonyl (C=O) groups excluding carboxylic acids is 2. The van der Waals surface area contributed by atoms with Gasteiger partial charge in [0.2, 0.25) is 5.91 Å². The van der Waals surface area contributed by atoms with E-state index >= 15 is 0 Å². The standard InChI is InChI=1S/C22H34N4O3S2/c1-3-4-13-26-20(27)19(10-16-30-2)24-22(26)11-14-25(15-12-22)31-29-21(28)23-17-18-8-6-5-7-9-18/h5-9,19,24H,3-4,10-17H2,1-2H3,(H,23,28). The first-order valence-corrected chi connectivity index (χ1v) is 13.2. The molecule has 2 aliphatic heterocycles. The summed E-state index contributed by atoms with van der Waals surface area (Å²) in [5, 5.41) is 6.45. The average molecular weight is 467 g/mol. The van der Waals surface area contributed by atoms with Crippen molar-refractivity contribution >= 4 is 36.0 Å². The second-order valence-electron chi connectivity index (χ2n) is 8.07. The lowest BCUT2D eigenvalue weighted by atomic mass is 9.97. The van der Waals surface area contributed by atoms with E-state index in [2.05, 4.69) is 33.0 Å². The Bertz CT molecular complexity index is 714. The molecule has 2 N–H and O–H groups in total. The topological polar surface area (TPSA) is 73.9 Å². The highest BCUT2D eigenvalue weighted by Gasteiger charge is 2.50. The third-order valence-corrected chi connectivity index (χ3v) is 7.36. The number of carbonyl (C=O) groups is 2. The molecule has 7 nitrogen and oxygen atoms in total. The summed E-state index contributed by atoms with van der Waals surface area (Å²) in [6.45, 7) is 4.93. The Morgan fingerprint density at radius 3 is 2.71 bits per heavy atom. The fourth-order valence-electron chi connectivity index (χ4n) is 4.17. The van der Waals surface area contributed by atoms with E-state index in [4.69, 9.17) is 4.18 Å². The highest BCUT2D eigenvalue weighted by molar-refractivity contribution is 7.98. The van der Waals surface area contributed by atoms with E-state index in [9.17, 15) is 9.59 Å². The molecule has 172 valence electrons. The summed E-state index contributed by atoms with van der Waals surface area (Å²) in [6, 6.07) is 9.68. The number of unbranched alkanes of at least 4 members (excludes halogenated alkanes) is 1. The van der Waals surface area contributed by atoms with Crippen LogP contribution in [0.3, 0.4) is 0 Å². The maximum Gasteiger partial charge on any atom is 0.420 e. The molecule has 1 unspecified atom stereocenters. The molecule has 0 aromatic heterocycles. The van der Waals surface area contributed by atoms with E-state index in [0.29, 0.717) is 6.54 Å². The molecule has 9 heteroatoms. The van der Waals surface area contributed by atoms with Crippen molar-refractivity contribution < 1.29 is 13.8 Å². The minimum Gasteiger partial charge on any atom is -0.358 e. The molecule has 2 amide bonds. The Morgan fingerprint density at radius 2 is 2.03 bits per heavy atom. The molecule has 0 aliphatic carbocycles. The zero-order valence-electron chi connectivity index (χ0n) is 18.5. The highest BCUT2D eigenvalue weighted by Crippen LogP contribution is 2.35. The summed E-state index contributed by atoms with van der Waals surface area (Å²) in [6.07, 6.45) is 6.27. The van der Waals surface area contributed by atoms with E-state index in [1.807, 2.05) is 30.3 Å². The van der Waals surface area contributed by atoms with Crippen molar-refractivity contribution in [3.63, 3.8) is 0 Å². The van der Waals surface area contributed by atoms with E-state index in [1.165, 1.54) is 0 Å². The second kappa shape index (κ2) is 12.0. The summed E-state index contributed by atoms with van der Waals surface area (Å²) in [7, 11) is 0. The van der Waals surface area contributed by atoms with Crippen LogP contribution in [0, 0.1) is 0 Å². The van der Waals surface area contributed by atoms with Gasteiger partial charge in [-0.1, -0.05) is 43.7 Å². The molecule has 3 rings (SSSR count). The number of rotatable bonds is 10. The fourth-order valence-corrected chi connectivity index (χ4v) is 5.20. The van der Waals surface area contributed by atoms with Crippen LogP contribution in [0.5, 0.6) is 0 Å². The molecule has 1 spiro atoms. The van der Waals surface area contributed by atoms with Gasteiger partial charge < -0.3 is 14.4 Å². The molecule has 2 fully saturated rings. The lowest BCUT2D eigenvalue weighted by molar-refractivity contribution is -0.133. The SMILES string of the molecule is CCCCN1C(=O)C(CCSC)NC12CCN(SOC(=O)NCc1ccccc1)CC2. The molecular formula is C22H34N4O3S2. The Morgan fingerprint density at radius 1 is 1.29 bits per heavy atom. The lowest BCUT2D eigenvalue weighted by Crippen LogP contribution is -2.58. The molecule has 2 saturated heterocycles. The van der Waals surface area contributed by atoms with Crippen molar-refractivity contribution in [1.29, 1.82) is 0 Å². The first kappa shape index (κ1) is 24.2. The van der Waals surface area contributed by atoms with Crippen molar-refractivity contribution in [1.82, 2.24) is 19.8 Å². The zero-order valence-corrected chi connectivity index (χ0v) is 20.1. The Balaban J connectivity index is 1.47. The van der Waals surface area contributed by atoms with Crippen LogP contribution in [-0.2, 0) is 15.5 Å². The number of nitrogens with zero attached hydrogens (tertiary/aromatic N) is 2. The van der Waals surface area contributed by atoms with Crippen LogP contribution < -0.4 is 10.6 Å². The number of hydrogen-bond acceptors (Lipinski definition) is 7. The van der Waals surface area contributed by atoms with Gasteiger partial charge in [-0.15, -0.1) is 0 Å². The summed E-state index contributed by atoms with van der Waals surface area (Å²) in [5.41, 5.74) is 0.770. The molecule has 0 bridgehead atoms. The van der Waals surface area contributed by atoms with E-state index in [-0.39, 0.29) is 17.6 Å². The van der Waals surface area contributed by atoms with Crippen LogP contribution in [0.2, 0.25) is 0 Å². The van der Waals surface area contributed by atoms with Gasteiger partial charge in [-0.05, 0) is 43.3 Å². The Hall–Kier alpha value is -1.42. The smallest absolute Gasteiger partial charge is 0.358 e. The second-order valence-corrected chi connectivity index (χ2v) is 9.88. The number of piperidine rings is 1. The van der Waals surface area contributed by atoms with E-state index in [1.54, 1.807) is 11.8 Å². The number of hydrogen-bond donors (Lipinski definition) is 2. The van der Waals surface area contributed by atoms with Gasteiger partial charge in [-0.25, -0.2) is 9.10 Å². The zero-order chi connectivity index (χ0) is 22.1. The summed E-state index contributed by atoms with van der Waals surface area (Å²) in [4.78, 5) is 27.1. The highest BCUT2D eigenvalue weighted by atomic mass is 32.2. The lowest BCUT2D eigenvalue weighted by Gasteiger charge is -2.43. The normalized spacial score (nSPS) is 20.9. The predicted octanol–water partition coefficient (Wildman–Crippen LogP) is 3.62. The van der Waals surface area contributed by atoms with Crippen molar-refractivity contribution in [3.8, 4) is 0 Å². The molecule has 1 atom stereocenters. The van der Waals surface area contributed by atoms with Crippen LogP contribution >= 0.6 is 24.0 Å². The molecule has 1 aromatic carbocycles. The maximum absolute atomic E-state index is 13.0. The maximum atomic E-state index is 13.0. The van der Waals surface area contributed by atoms with Crippen LogP contribution in [0.15, 0.2) is 30.3 Å². The van der Waals surface area contributed by atoms with Gasteiger partial charge in [0.1, 0.15) is 0 Å². The van der Waals surface area contributed by atoms with Gasteiger partial charge in [0.15, 0.2) is 12.2 Å². The monoisotopic (exact) mass is 466 g/mol. The minimum absolute atomic E-state index is 0.0801. The Labute approximate surface area is 194 Å². The van der Waals surface area contributed by atoms with Crippen molar-refractivity contribution in [3.05, 3.63) is 35.9 Å². The van der Waals surface area contributed by atoms with Crippen molar-refractivity contribution in [2.75, 3.05) is 31.6 Å². The summed E-state index contributed by atoms with van der Waals surface area (Å²) >= 11 is 2.88. The van der Waals surface area contributed by atoms with Crippen LogP contribution in [-0.4, -0.2) is 64.6 Å². The van der Waals surface area contributed by atoms with Gasteiger partial charge in [0.05, 0.1) is 11.7 Å². The number of benzene rings is 1. The van der Waals surface area contributed by atoms with Crippen LogP contribution in [0.4, 0.5) is 4.79 Å². The largest absolute Gasteiger partial charge is 0.420 e. The molecule has 1 aromatic rings. The number of amides is 2. The number of nitrogens with one attached hydrogen (secondary N) is 2. The fraction of sp³-hybridized carbons (Fsp3) is 0.636. The molecule has 31 heavy (non-hydrogen) atoms. The molecule has 0 radical (unpaired) electrons. The first-order chi connectivity index (χ1) is 15.1. The third kappa shape index (κ3) is 6.54. The van der Waals surface area contributed by atoms with E-state index in [0.717, 1.165) is 75.3 Å². The number of thioether (sulfide) groups is 1. The molecule has 0 saturated carbocycles. The quantitative estimate of drug-likeness (QED) is 0.403. The first-order valence-electron chi connectivity index (χ1n) is 11.1. The van der Waals surface area contributed by atoms with Gasteiger partial charge in [0, 0.05) is 26.2 Å². The minimum atomic E-state index is -0.440.